The second kappa shape index (κ2) is 14.6. The van der Waals surface area contributed by atoms with Gasteiger partial charge in [-0.15, -0.1) is 0 Å². The first-order valence-electron chi connectivity index (χ1n) is 12.9. The Hall–Kier alpha value is -3.27. The summed E-state index contributed by atoms with van der Waals surface area (Å²) in [4.78, 5) is 28.1. The van der Waals surface area contributed by atoms with E-state index in [0.717, 1.165) is 11.8 Å². The molecule has 0 aliphatic heterocycles. The van der Waals surface area contributed by atoms with Gasteiger partial charge in [-0.05, 0) is 63.4 Å². The van der Waals surface area contributed by atoms with Gasteiger partial charge in [-0.1, -0.05) is 31.2 Å². The molecule has 0 aliphatic carbocycles. The molecule has 0 radical (unpaired) electrons. The largest absolute Gasteiger partial charge is 0.497 e. The molecule has 2 aromatic carbocycles. The molecule has 2 rings (SSSR count). The topological polar surface area (TPSA) is 105 Å². The molecule has 210 valence electrons. The van der Waals surface area contributed by atoms with Crippen molar-refractivity contribution in [1.29, 1.82) is 0 Å². The maximum Gasteiger partial charge on any atom is 0.243 e. The fourth-order valence-electron chi connectivity index (χ4n) is 4.19. The predicted molar refractivity (Wildman–Crippen MR) is 150 cm³/mol. The molecule has 1 N–H and O–H groups in total. The maximum atomic E-state index is 13.6. The average Bonchev–Trinajstić information content (AvgIpc) is 2.86. The second-order valence-electron chi connectivity index (χ2n) is 9.30. The van der Waals surface area contributed by atoms with Crippen molar-refractivity contribution >= 4 is 27.5 Å². The minimum absolute atomic E-state index is 0.0677. The zero-order valence-electron chi connectivity index (χ0n) is 23.3. The van der Waals surface area contributed by atoms with E-state index in [9.17, 15) is 18.0 Å². The Kier molecular flexibility index (Phi) is 11.9. The summed E-state index contributed by atoms with van der Waals surface area (Å²) in [6.07, 6.45) is 1.91. The van der Waals surface area contributed by atoms with Crippen molar-refractivity contribution < 1.29 is 27.5 Å². The van der Waals surface area contributed by atoms with E-state index in [2.05, 4.69) is 5.32 Å². The number of sulfonamides is 1. The predicted octanol–water partition coefficient (Wildman–Crippen LogP) is 3.97. The molecule has 0 heterocycles. The number of para-hydroxylation sites is 2. The summed E-state index contributed by atoms with van der Waals surface area (Å²) in [5, 5.41) is 2.91. The second-order valence-corrected chi connectivity index (χ2v) is 11.2. The standard InChI is InChI=1S/C28H41N3O6S/c1-7-24(28(33)29-21(3)4)30(20-22-13-11-14-23(19-22)36-5)27(32)17-12-18-31(38(6,34)35)25-15-9-10-16-26(25)37-8-2/h9-11,13-16,19,21,24H,7-8,12,17-18,20H2,1-6H3,(H,29,33). The van der Waals surface area contributed by atoms with E-state index in [1.807, 2.05) is 52.0 Å². The summed E-state index contributed by atoms with van der Waals surface area (Å²) in [6.45, 7) is 8.16. The third-order valence-corrected chi connectivity index (χ3v) is 7.07. The number of hydrogen-bond acceptors (Lipinski definition) is 6. The van der Waals surface area contributed by atoms with Crippen molar-refractivity contribution in [3.05, 3.63) is 54.1 Å². The molecule has 10 heteroatoms. The number of benzene rings is 2. The van der Waals surface area contributed by atoms with Crippen LogP contribution in [-0.4, -0.2) is 63.7 Å². The number of nitrogens with one attached hydrogen (secondary N) is 1. The Morgan fingerprint density at radius 1 is 1.05 bits per heavy atom. The molecule has 0 bridgehead atoms. The van der Waals surface area contributed by atoms with E-state index in [4.69, 9.17) is 9.47 Å². The molecule has 9 nitrogen and oxygen atoms in total. The quantitative estimate of drug-likeness (QED) is 0.362. The monoisotopic (exact) mass is 547 g/mol. The van der Waals surface area contributed by atoms with Crippen LogP contribution in [0.5, 0.6) is 11.5 Å². The lowest BCUT2D eigenvalue weighted by molar-refractivity contribution is -0.141. The van der Waals surface area contributed by atoms with Gasteiger partial charge in [-0.3, -0.25) is 13.9 Å². The number of anilines is 1. The van der Waals surface area contributed by atoms with Gasteiger partial charge in [0.1, 0.15) is 17.5 Å². The number of amides is 2. The molecular formula is C28H41N3O6S. The summed E-state index contributed by atoms with van der Waals surface area (Å²) >= 11 is 0. The van der Waals surface area contributed by atoms with Crippen molar-refractivity contribution in [1.82, 2.24) is 10.2 Å². The molecule has 38 heavy (non-hydrogen) atoms. The Morgan fingerprint density at radius 2 is 1.76 bits per heavy atom. The third kappa shape index (κ3) is 8.93. The zero-order valence-corrected chi connectivity index (χ0v) is 24.1. The number of carbonyl (C=O) groups excluding carboxylic acids is 2. The van der Waals surface area contributed by atoms with E-state index >= 15 is 0 Å². The van der Waals surface area contributed by atoms with Gasteiger partial charge in [0.05, 0.1) is 25.7 Å². The molecule has 0 aromatic heterocycles. The van der Waals surface area contributed by atoms with Crippen LogP contribution in [0.15, 0.2) is 48.5 Å². The molecule has 2 amide bonds. The summed E-state index contributed by atoms with van der Waals surface area (Å²) in [7, 11) is -2.06. The molecule has 2 aromatic rings. The van der Waals surface area contributed by atoms with Crippen molar-refractivity contribution in [2.45, 2.75) is 65.6 Å². The molecule has 1 unspecified atom stereocenters. The molecule has 0 fully saturated rings. The van der Waals surface area contributed by atoms with Gasteiger partial charge in [0.15, 0.2) is 0 Å². The highest BCUT2D eigenvalue weighted by Gasteiger charge is 2.29. The first-order valence-corrected chi connectivity index (χ1v) is 14.8. The van der Waals surface area contributed by atoms with Crippen molar-refractivity contribution in [2.75, 3.05) is 30.8 Å². The molecule has 1 atom stereocenters. The van der Waals surface area contributed by atoms with Gasteiger partial charge in [0.25, 0.3) is 0 Å². The van der Waals surface area contributed by atoms with Crippen molar-refractivity contribution in [3.63, 3.8) is 0 Å². The lowest BCUT2D eigenvalue weighted by Crippen LogP contribution is -2.50. The van der Waals surface area contributed by atoms with Gasteiger partial charge in [-0.2, -0.15) is 0 Å². The highest BCUT2D eigenvalue weighted by Crippen LogP contribution is 2.30. The fraction of sp³-hybridized carbons (Fsp3) is 0.500. The van der Waals surface area contributed by atoms with Crippen LogP contribution in [0.2, 0.25) is 0 Å². The molecule has 0 spiro atoms. The SMILES string of the molecule is CCOc1ccccc1N(CCCC(=O)N(Cc1cccc(OC)c1)C(CC)C(=O)NC(C)C)S(C)(=O)=O. The maximum absolute atomic E-state index is 13.6. The van der Waals surface area contributed by atoms with E-state index in [-0.39, 0.29) is 43.8 Å². The highest BCUT2D eigenvalue weighted by atomic mass is 32.2. The average molecular weight is 548 g/mol. The van der Waals surface area contributed by atoms with E-state index in [0.29, 0.717) is 30.2 Å². The lowest BCUT2D eigenvalue weighted by atomic mass is 10.1. The summed E-state index contributed by atoms with van der Waals surface area (Å²) in [5.41, 5.74) is 1.26. The van der Waals surface area contributed by atoms with Crippen LogP contribution in [-0.2, 0) is 26.2 Å². The Morgan fingerprint density at radius 3 is 2.37 bits per heavy atom. The van der Waals surface area contributed by atoms with Crippen LogP contribution in [0.3, 0.4) is 0 Å². The first kappa shape index (κ1) is 31.0. The van der Waals surface area contributed by atoms with Crippen LogP contribution >= 0.6 is 0 Å². The minimum Gasteiger partial charge on any atom is -0.497 e. The Balaban J connectivity index is 2.27. The van der Waals surface area contributed by atoms with Gasteiger partial charge >= 0.3 is 0 Å². The molecule has 0 saturated heterocycles. The smallest absolute Gasteiger partial charge is 0.243 e. The number of methoxy groups -OCH3 is 1. The van der Waals surface area contributed by atoms with Crippen LogP contribution in [0.4, 0.5) is 5.69 Å². The van der Waals surface area contributed by atoms with Crippen molar-refractivity contribution in [2.24, 2.45) is 0 Å². The number of rotatable bonds is 15. The van der Waals surface area contributed by atoms with E-state index < -0.39 is 16.1 Å². The zero-order chi connectivity index (χ0) is 28.3. The molecular weight excluding hydrogens is 506 g/mol. The minimum atomic E-state index is -3.63. The highest BCUT2D eigenvalue weighted by molar-refractivity contribution is 7.92. The van der Waals surface area contributed by atoms with Crippen LogP contribution in [0.25, 0.3) is 0 Å². The number of ether oxygens (including phenoxy) is 2. The third-order valence-electron chi connectivity index (χ3n) is 5.89. The Bertz CT molecular complexity index is 1170. The van der Waals surface area contributed by atoms with Crippen molar-refractivity contribution in [3.8, 4) is 11.5 Å². The summed E-state index contributed by atoms with van der Waals surface area (Å²) in [6, 6.07) is 13.6. The van der Waals surface area contributed by atoms with Gasteiger partial charge in [-0.25, -0.2) is 8.42 Å². The van der Waals surface area contributed by atoms with Crippen LogP contribution < -0.4 is 19.1 Å². The Labute approximate surface area is 227 Å². The lowest BCUT2D eigenvalue weighted by Gasteiger charge is -2.31. The number of nitrogens with zero attached hydrogens (tertiary/aromatic N) is 2. The number of hydrogen-bond donors (Lipinski definition) is 1. The van der Waals surface area contributed by atoms with Gasteiger partial charge in [0.2, 0.25) is 21.8 Å². The van der Waals surface area contributed by atoms with Gasteiger partial charge in [0, 0.05) is 25.6 Å². The van der Waals surface area contributed by atoms with Gasteiger partial charge < -0.3 is 19.7 Å². The fourth-order valence-corrected chi connectivity index (χ4v) is 5.16. The number of carbonyl (C=O) groups is 2. The van der Waals surface area contributed by atoms with E-state index in [1.165, 1.54) is 4.31 Å². The summed E-state index contributed by atoms with van der Waals surface area (Å²) < 4.78 is 37.5. The van der Waals surface area contributed by atoms with Crippen LogP contribution in [0.1, 0.15) is 52.5 Å². The normalized spacial score (nSPS) is 12.1. The first-order chi connectivity index (χ1) is 18.0. The van der Waals surface area contributed by atoms with Crippen LogP contribution in [0, 0.1) is 0 Å². The molecule has 0 saturated carbocycles. The van der Waals surface area contributed by atoms with E-state index in [1.54, 1.807) is 36.3 Å². The molecule has 0 aliphatic rings. The summed E-state index contributed by atoms with van der Waals surface area (Å²) in [5.74, 6) is 0.668.